The molecule has 0 aliphatic rings. The Hall–Kier alpha value is -7.03. The number of esters is 6. The van der Waals surface area contributed by atoms with Gasteiger partial charge in [0.1, 0.15) is 57.5 Å². The van der Waals surface area contributed by atoms with Crippen molar-refractivity contribution in [3.8, 4) is 23.0 Å². The zero-order chi connectivity index (χ0) is 38.8. The Labute approximate surface area is 347 Å². The molecule has 0 aliphatic carbocycles. The summed E-state index contributed by atoms with van der Waals surface area (Å²) in [7, 11) is 2.84. The van der Waals surface area contributed by atoms with Gasteiger partial charge in [0.05, 0.1) is 14.2 Å². The van der Waals surface area contributed by atoms with Crippen LogP contribution in [-0.4, -0.2) is 69.4 Å². The highest BCUT2D eigenvalue weighted by molar-refractivity contribution is 5.98. The molecule has 0 bridgehead atoms. The molecule has 0 N–H and O–H groups in total. The summed E-state index contributed by atoms with van der Waals surface area (Å²) in [6.07, 6.45) is -0.417. The molecule has 324 valence electrons. The standard InChI is InChI=1S/C20H18O8.C18H16O7.6CH4/c1-13(21)11-18(22)28-17-10-6-4-8-15(17)20(24)27-12-26-19(23)14-7-3-5-9-16(14)25-2;1-12(19)25-16-10-6-4-8-14(16)18(21)24-11-23-17(20)13-7-3-5-9-15(13)22-2;;;;;;/h3-10H,11-12H2,1-2H3;3-10H,11H2,1-2H3;6*1H4. The van der Waals surface area contributed by atoms with Gasteiger partial charge in [-0.05, 0) is 55.5 Å². The van der Waals surface area contributed by atoms with Crippen LogP contribution in [-0.2, 0) is 33.3 Å². The molecule has 4 rings (SSSR count). The lowest BCUT2D eigenvalue weighted by Crippen LogP contribution is -2.17. The highest BCUT2D eigenvalue weighted by Crippen LogP contribution is 2.22. The number of hydrogen-bond acceptors (Lipinski definition) is 15. The number of hydrogen-bond donors (Lipinski definition) is 0. The van der Waals surface area contributed by atoms with Crippen molar-refractivity contribution in [1.82, 2.24) is 0 Å². The number of Topliss-reactive ketones (excluding diaryl/α,β-unsaturated/α-hetero) is 1. The second-order valence-corrected chi connectivity index (χ2v) is 10.3. The van der Waals surface area contributed by atoms with Gasteiger partial charge in [0.25, 0.3) is 0 Å². The Kier molecular flexibility index (Phi) is 30.0. The molecule has 15 heteroatoms. The SMILES string of the molecule is C.C.C.C.C.C.COc1ccccc1C(=O)OCOC(=O)c1ccccc1OC(=O)CC(C)=O.COc1ccccc1C(=O)OCOC(=O)c1ccccc1OC(C)=O. The van der Waals surface area contributed by atoms with E-state index >= 15 is 0 Å². The van der Waals surface area contributed by atoms with Gasteiger partial charge < -0.3 is 37.9 Å². The van der Waals surface area contributed by atoms with E-state index in [1.165, 1.54) is 64.5 Å². The molecular weight excluding hydrogens is 768 g/mol. The van der Waals surface area contributed by atoms with Crippen molar-refractivity contribution in [2.45, 2.75) is 64.8 Å². The van der Waals surface area contributed by atoms with Crippen LogP contribution in [0, 0.1) is 0 Å². The van der Waals surface area contributed by atoms with E-state index in [4.69, 9.17) is 37.9 Å². The van der Waals surface area contributed by atoms with Crippen molar-refractivity contribution >= 4 is 41.6 Å². The first kappa shape index (κ1) is 58.7. The molecule has 0 spiro atoms. The fourth-order valence-corrected chi connectivity index (χ4v) is 4.18. The van der Waals surface area contributed by atoms with E-state index in [1.54, 1.807) is 60.7 Å². The first-order valence-electron chi connectivity index (χ1n) is 15.5. The maximum Gasteiger partial charge on any atom is 0.344 e. The van der Waals surface area contributed by atoms with Crippen LogP contribution in [0.2, 0.25) is 0 Å². The molecular formula is C44H58O15. The molecule has 0 saturated carbocycles. The first-order valence-corrected chi connectivity index (χ1v) is 15.5. The van der Waals surface area contributed by atoms with Gasteiger partial charge in [-0.25, -0.2) is 19.2 Å². The number of ether oxygens (including phenoxy) is 8. The minimum Gasteiger partial charge on any atom is -0.496 e. The maximum absolute atomic E-state index is 12.2. The van der Waals surface area contributed by atoms with Crippen molar-refractivity contribution in [2.75, 3.05) is 27.8 Å². The third-order valence-corrected chi connectivity index (χ3v) is 6.50. The summed E-state index contributed by atoms with van der Waals surface area (Å²) in [5, 5.41) is 0. The van der Waals surface area contributed by atoms with Gasteiger partial charge in [0.2, 0.25) is 13.6 Å². The summed E-state index contributed by atoms with van der Waals surface area (Å²) in [6, 6.07) is 24.9. The van der Waals surface area contributed by atoms with E-state index in [0.717, 1.165) is 0 Å². The third kappa shape index (κ3) is 18.6. The van der Waals surface area contributed by atoms with Crippen molar-refractivity contribution in [1.29, 1.82) is 0 Å². The second kappa shape index (κ2) is 30.2. The van der Waals surface area contributed by atoms with E-state index in [-0.39, 0.29) is 84.1 Å². The minimum atomic E-state index is -0.862. The maximum atomic E-state index is 12.2. The van der Waals surface area contributed by atoms with Gasteiger partial charge in [0, 0.05) is 6.92 Å². The lowest BCUT2D eigenvalue weighted by molar-refractivity contribution is -0.137. The van der Waals surface area contributed by atoms with Crippen LogP contribution >= 0.6 is 0 Å². The predicted molar refractivity (Wildman–Crippen MR) is 223 cm³/mol. The molecule has 4 aromatic rings. The van der Waals surface area contributed by atoms with Crippen molar-refractivity contribution in [3.63, 3.8) is 0 Å². The van der Waals surface area contributed by atoms with E-state index in [2.05, 4.69) is 0 Å². The zero-order valence-corrected chi connectivity index (χ0v) is 29.0. The molecule has 0 heterocycles. The number of methoxy groups -OCH3 is 2. The van der Waals surface area contributed by atoms with Crippen LogP contribution in [0.5, 0.6) is 23.0 Å². The fraction of sp³-hybridized carbons (Fsp3) is 0.295. The van der Waals surface area contributed by atoms with E-state index in [9.17, 15) is 33.6 Å². The summed E-state index contributed by atoms with van der Waals surface area (Å²) >= 11 is 0. The number of benzene rings is 4. The number of ketones is 1. The lowest BCUT2D eigenvalue weighted by atomic mass is 10.2. The monoisotopic (exact) mass is 826 g/mol. The van der Waals surface area contributed by atoms with Gasteiger partial charge in [-0.15, -0.1) is 0 Å². The fourth-order valence-electron chi connectivity index (χ4n) is 4.18. The highest BCUT2D eigenvalue weighted by atomic mass is 16.7. The molecule has 0 saturated heterocycles. The van der Waals surface area contributed by atoms with Crippen LogP contribution in [0.25, 0.3) is 0 Å². The number of carbonyl (C=O) groups excluding carboxylic acids is 7. The van der Waals surface area contributed by atoms with Crippen molar-refractivity contribution in [2.24, 2.45) is 0 Å². The summed E-state index contributed by atoms with van der Waals surface area (Å²) < 4.78 is 39.7. The zero-order valence-electron chi connectivity index (χ0n) is 29.0. The summed E-state index contributed by atoms with van der Waals surface area (Å²) in [4.78, 5) is 82.0. The quantitative estimate of drug-likeness (QED) is 0.0506. The van der Waals surface area contributed by atoms with Crippen LogP contribution < -0.4 is 18.9 Å². The average molecular weight is 827 g/mol. The molecule has 0 aromatic heterocycles. The first-order chi connectivity index (χ1) is 25.4. The normalized spacial score (nSPS) is 8.88. The van der Waals surface area contributed by atoms with Crippen molar-refractivity contribution in [3.05, 3.63) is 119 Å². The molecule has 0 aliphatic heterocycles. The Balaban J connectivity index is -0.000000468. The van der Waals surface area contributed by atoms with Gasteiger partial charge in [-0.2, -0.15) is 0 Å². The number of rotatable bonds is 14. The smallest absolute Gasteiger partial charge is 0.344 e. The minimum absolute atomic E-state index is 0. The van der Waals surface area contributed by atoms with Crippen LogP contribution in [0.3, 0.4) is 0 Å². The molecule has 0 fully saturated rings. The highest BCUT2D eigenvalue weighted by Gasteiger charge is 2.20. The molecule has 0 amide bonds. The topological polar surface area (TPSA) is 193 Å². The van der Waals surface area contributed by atoms with Gasteiger partial charge in [0.15, 0.2) is 0 Å². The number of para-hydroxylation sites is 4. The van der Waals surface area contributed by atoms with E-state index in [0.29, 0.717) is 11.5 Å². The largest absolute Gasteiger partial charge is 0.496 e. The summed E-state index contributed by atoms with van der Waals surface area (Å²) in [6.45, 7) is 1.23. The summed E-state index contributed by atoms with van der Waals surface area (Å²) in [5.74, 6) is -4.13. The van der Waals surface area contributed by atoms with Gasteiger partial charge in [-0.1, -0.05) is 93.1 Å². The third-order valence-electron chi connectivity index (χ3n) is 6.50. The van der Waals surface area contributed by atoms with E-state index < -0.39 is 55.8 Å². The number of carbonyl (C=O) groups is 7. The predicted octanol–water partition coefficient (Wildman–Crippen LogP) is 8.96. The molecule has 0 radical (unpaired) electrons. The Morgan fingerprint density at radius 1 is 0.407 bits per heavy atom. The molecule has 0 atom stereocenters. The van der Waals surface area contributed by atoms with Crippen molar-refractivity contribution < 1.29 is 71.5 Å². The molecule has 4 aromatic carbocycles. The molecule has 59 heavy (non-hydrogen) atoms. The van der Waals surface area contributed by atoms with Gasteiger partial charge >= 0.3 is 35.8 Å². The molecule has 0 unspecified atom stereocenters. The van der Waals surface area contributed by atoms with Crippen LogP contribution in [0.15, 0.2) is 97.1 Å². The Morgan fingerprint density at radius 2 is 0.678 bits per heavy atom. The Morgan fingerprint density at radius 3 is 0.966 bits per heavy atom. The Bertz CT molecular complexity index is 1950. The van der Waals surface area contributed by atoms with E-state index in [1.807, 2.05) is 0 Å². The van der Waals surface area contributed by atoms with Crippen LogP contribution in [0.1, 0.15) is 106 Å². The average Bonchev–Trinajstić information content (AvgIpc) is 3.14. The lowest BCUT2D eigenvalue weighted by Gasteiger charge is -2.11. The van der Waals surface area contributed by atoms with Gasteiger partial charge in [-0.3, -0.25) is 14.4 Å². The second-order valence-electron chi connectivity index (χ2n) is 10.3. The van der Waals surface area contributed by atoms with Crippen LogP contribution in [0.4, 0.5) is 0 Å². The molecule has 15 nitrogen and oxygen atoms in total. The summed E-state index contributed by atoms with van der Waals surface area (Å²) in [5.41, 5.74) is 0.389.